The first-order valence-corrected chi connectivity index (χ1v) is 13.9. The predicted molar refractivity (Wildman–Crippen MR) is 159 cm³/mol. The highest BCUT2D eigenvalue weighted by Crippen LogP contribution is 2.58. The zero-order valence-corrected chi connectivity index (χ0v) is 23.1. The Morgan fingerprint density at radius 1 is 0.829 bits per heavy atom. The van der Waals surface area contributed by atoms with Gasteiger partial charge < -0.3 is 10.2 Å². The summed E-state index contributed by atoms with van der Waals surface area (Å²) in [5.41, 5.74) is 6.02. The van der Waals surface area contributed by atoms with Crippen molar-refractivity contribution in [2.24, 2.45) is 5.92 Å². The van der Waals surface area contributed by atoms with Crippen LogP contribution in [0.5, 0.6) is 0 Å². The van der Waals surface area contributed by atoms with Crippen molar-refractivity contribution in [3.8, 4) is 0 Å². The van der Waals surface area contributed by atoms with Crippen molar-refractivity contribution in [1.82, 2.24) is 4.98 Å². The van der Waals surface area contributed by atoms with Gasteiger partial charge in [0, 0.05) is 40.5 Å². The number of para-hydroxylation sites is 1. The van der Waals surface area contributed by atoms with Gasteiger partial charge in [0.1, 0.15) is 11.5 Å². The number of anilines is 2. The molecule has 1 amide bonds. The van der Waals surface area contributed by atoms with E-state index >= 15 is 0 Å². The molecule has 1 aromatic heterocycles. The Morgan fingerprint density at radius 3 is 2.27 bits per heavy atom. The highest BCUT2D eigenvalue weighted by Gasteiger charge is 2.70. The lowest BCUT2D eigenvalue weighted by Crippen LogP contribution is -2.51. The molecular weight excluding hydrogens is 510 g/mol. The number of pyridine rings is 1. The van der Waals surface area contributed by atoms with E-state index in [4.69, 9.17) is 0 Å². The second kappa shape index (κ2) is 9.10. The number of fused-ring (bicyclic) bond motifs is 6. The van der Waals surface area contributed by atoms with Crippen LogP contribution in [0.25, 0.3) is 5.57 Å². The van der Waals surface area contributed by atoms with Crippen LogP contribution in [0, 0.1) is 19.8 Å². The minimum absolute atomic E-state index is 0.184. The van der Waals surface area contributed by atoms with E-state index in [1.807, 2.05) is 81.4 Å². The van der Waals surface area contributed by atoms with Gasteiger partial charge in [-0.15, -0.1) is 0 Å². The molecule has 4 atom stereocenters. The van der Waals surface area contributed by atoms with Gasteiger partial charge in [0.25, 0.3) is 0 Å². The third-order valence-corrected chi connectivity index (χ3v) is 8.98. The van der Waals surface area contributed by atoms with Crippen molar-refractivity contribution in [2.75, 3.05) is 10.2 Å². The van der Waals surface area contributed by atoms with Crippen LogP contribution >= 0.6 is 0 Å². The quantitative estimate of drug-likeness (QED) is 0.325. The molecule has 3 aliphatic heterocycles. The van der Waals surface area contributed by atoms with Crippen LogP contribution in [0.4, 0.5) is 11.4 Å². The predicted octanol–water partition coefficient (Wildman–Crippen LogP) is 5.94. The molecule has 0 unspecified atom stereocenters. The molecule has 3 aromatic carbocycles. The monoisotopic (exact) mass is 539 g/mol. The lowest BCUT2D eigenvalue weighted by molar-refractivity contribution is -0.121. The summed E-state index contributed by atoms with van der Waals surface area (Å²) < 4.78 is 0. The first kappa shape index (κ1) is 25.1. The number of hydrogen-bond donors (Lipinski definition) is 1. The topological polar surface area (TPSA) is 79.4 Å². The van der Waals surface area contributed by atoms with Gasteiger partial charge in [0.2, 0.25) is 5.91 Å². The van der Waals surface area contributed by atoms with Crippen molar-refractivity contribution in [2.45, 2.75) is 38.3 Å². The van der Waals surface area contributed by atoms with E-state index in [0.717, 1.165) is 33.5 Å². The summed E-state index contributed by atoms with van der Waals surface area (Å²) in [6.45, 7) is 6.05. The molecule has 7 rings (SSSR count). The largest absolute Gasteiger partial charge is 0.352 e. The molecule has 1 N–H and O–H groups in total. The fourth-order valence-corrected chi connectivity index (χ4v) is 7.13. The molecule has 4 aromatic rings. The number of hydrogen-bond acceptors (Lipinski definition) is 5. The number of aryl methyl sites for hydroxylation is 2. The van der Waals surface area contributed by atoms with Crippen LogP contribution in [0.1, 0.15) is 49.9 Å². The minimum Gasteiger partial charge on any atom is -0.352 e. The fourth-order valence-electron chi connectivity index (χ4n) is 7.13. The van der Waals surface area contributed by atoms with E-state index in [-0.39, 0.29) is 17.5 Å². The van der Waals surface area contributed by atoms with Gasteiger partial charge in [-0.1, -0.05) is 65.7 Å². The maximum atomic E-state index is 14.7. The Balaban J connectivity index is 1.56. The number of ketones is 2. The number of benzene rings is 3. The van der Waals surface area contributed by atoms with Crippen molar-refractivity contribution >= 4 is 34.4 Å². The van der Waals surface area contributed by atoms with Gasteiger partial charge in [0.05, 0.1) is 12.0 Å². The summed E-state index contributed by atoms with van der Waals surface area (Å²) in [6, 6.07) is 23.0. The summed E-state index contributed by atoms with van der Waals surface area (Å²) in [6.07, 6.45) is 5.23. The van der Waals surface area contributed by atoms with Crippen LogP contribution in [0.15, 0.2) is 97.3 Å². The zero-order chi connectivity index (χ0) is 28.5. The first-order valence-electron chi connectivity index (χ1n) is 13.9. The highest BCUT2D eigenvalue weighted by atomic mass is 16.2. The smallest absolute Gasteiger partial charge is 0.238 e. The van der Waals surface area contributed by atoms with E-state index in [0.29, 0.717) is 16.8 Å². The van der Waals surface area contributed by atoms with Crippen LogP contribution < -0.4 is 10.2 Å². The molecule has 1 spiro atoms. The van der Waals surface area contributed by atoms with Crippen LogP contribution in [0.2, 0.25) is 0 Å². The average Bonchev–Trinajstić information content (AvgIpc) is 3.45. The van der Waals surface area contributed by atoms with Gasteiger partial charge in [-0.3, -0.25) is 19.4 Å². The van der Waals surface area contributed by atoms with E-state index in [1.165, 1.54) is 0 Å². The Hall–Kier alpha value is -4.84. The minimum atomic E-state index is -1.33. The number of amides is 1. The fraction of sp³-hybridized carbons (Fsp3) is 0.200. The van der Waals surface area contributed by atoms with Gasteiger partial charge >= 0.3 is 0 Å². The number of carbonyl (C=O) groups is 3. The Bertz CT molecular complexity index is 1780. The maximum absolute atomic E-state index is 14.7. The third kappa shape index (κ3) is 3.50. The molecule has 202 valence electrons. The maximum Gasteiger partial charge on any atom is 0.238 e. The van der Waals surface area contributed by atoms with Gasteiger partial charge in [-0.25, -0.2) is 0 Å². The standard InChI is InChI=1S/C35H29N3O3/c1-20-8-11-23(12-9-20)33(40)31-30(32(39)24-14-16-36-17-15-24)35(26-6-4-5-7-27(26)37-34(35)41)29-19-22(3)25-18-21(2)10-13-28(25)38(29)31/h4-19,29-31H,1-3H3,(H,37,41)/t29-,30-,31-,35+/m0/s1. The molecular formula is C35H29N3O3. The lowest BCUT2D eigenvalue weighted by atomic mass is 9.64. The second-order valence-corrected chi connectivity index (χ2v) is 11.3. The number of allylic oxidation sites excluding steroid dienone is 1. The summed E-state index contributed by atoms with van der Waals surface area (Å²) in [4.78, 5) is 50.1. The molecule has 1 fully saturated rings. The van der Waals surface area contributed by atoms with Gasteiger partial charge in [-0.2, -0.15) is 0 Å². The SMILES string of the molecule is CC1=C[C@@H]2N(c3ccc(C)cc31)[C@H](C(=O)c1ccc(C)cc1)[C@@H](C(=O)c1ccncc1)[C@]21C(=O)Nc2ccccc21. The third-order valence-electron chi connectivity index (χ3n) is 8.98. The van der Waals surface area contributed by atoms with E-state index < -0.39 is 23.4 Å². The normalized spacial score (nSPS) is 23.9. The van der Waals surface area contributed by atoms with Crippen molar-refractivity contribution in [1.29, 1.82) is 0 Å². The molecule has 0 saturated carbocycles. The number of nitrogens with zero attached hydrogens (tertiary/aromatic N) is 2. The molecule has 1 saturated heterocycles. The summed E-state index contributed by atoms with van der Waals surface area (Å²) in [5, 5.41) is 3.08. The molecule has 6 heteroatoms. The highest BCUT2D eigenvalue weighted by molar-refractivity contribution is 6.18. The Morgan fingerprint density at radius 2 is 1.51 bits per heavy atom. The molecule has 3 aliphatic rings. The van der Waals surface area contributed by atoms with Gasteiger partial charge in [0.15, 0.2) is 11.6 Å². The molecule has 4 heterocycles. The number of carbonyl (C=O) groups excluding carboxylic acids is 3. The number of aromatic nitrogens is 1. The molecule has 0 bridgehead atoms. The average molecular weight is 540 g/mol. The van der Waals surface area contributed by atoms with Crippen molar-refractivity contribution in [3.63, 3.8) is 0 Å². The van der Waals surface area contributed by atoms with E-state index in [9.17, 15) is 14.4 Å². The summed E-state index contributed by atoms with van der Waals surface area (Å²) >= 11 is 0. The number of rotatable bonds is 4. The second-order valence-electron chi connectivity index (χ2n) is 11.3. The first-order chi connectivity index (χ1) is 19.8. The Kier molecular flexibility index (Phi) is 5.58. The summed E-state index contributed by atoms with van der Waals surface area (Å²) in [5.74, 6) is -1.70. The Labute approximate surface area is 238 Å². The van der Waals surface area contributed by atoms with Crippen molar-refractivity contribution < 1.29 is 14.4 Å². The molecule has 0 aliphatic carbocycles. The lowest BCUT2D eigenvalue weighted by Gasteiger charge is -2.39. The molecule has 41 heavy (non-hydrogen) atoms. The molecule has 0 radical (unpaired) electrons. The number of nitrogens with one attached hydrogen (secondary N) is 1. The van der Waals surface area contributed by atoms with E-state index in [1.54, 1.807) is 24.5 Å². The molecule has 6 nitrogen and oxygen atoms in total. The van der Waals surface area contributed by atoms with Crippen molar-refractivity contribution in [3.05, 3.63) is 131 Å². The van der Waals surface area contributed by atoms with Crippen LogP contribution in [0.3, 0.4) is 0 Å². The zero-order valence-electron chi connectivity index (χ0n) is 23.1. The van der Waals surface area contributed by atoms with E-state index in [2.05, 4.69) is 27.3 Å². The summed E-state index contributed by atoms with van der Waals surface area (Å²) in [7, 11) is 0. The van der Waals surface area contributed by atoms with Gasteiger partial charge in [-0.05, 0) is 62.2 Å². The number of Topliss-reactive ketones (excluding diaryl/α,β-unsaturated/α-hetero) is 2. The van der Waals surface area contributed by atoms with Crippen LogP contribution in [-0.2, 0) is 10.2 Å². The van der Waals surface area contributed by atoms with Crippen LogP contribution in [-0.4, -0.2) is 34.5 Å².